The van der Waals surface area contributed by atoms with Gasteiger partial charge in [-0.15, -0.1) is 0 Å². The number of carbonyl (C=O) groups is 1. The van der Waals surface area contributed by atoms with Gasteiger partial charge in [-0.2, -0.15) is 0 Å². The first-order valence-corrected chi connectivity index (χ1v) is 6.01. The molecule has 2 aliphatic rings. The molecular formula is C13H22O. The maximum Gasteiger partial charge on any atom is 0.140 e. The Balaban J connectivity index is 0.000000461. The minimum Gasteiger partial charge on any atom is -0.299 e. The molecule has 1 saturated carbocycles. The van der Waals surface area contributed by atoms with Crippen molar-refractivity contribution in [2.45, 2.75) is 52.9 Å². The van der Waals surface area contributed by atoms with Crippen LogP contribution in [0.15, 0.2) is 11.6 Å². The van der Waals surface area contributed by atoms with Gasteiger partial charge in [0.25, 0.3) is 0 Å². The summed E-state index contributed by atoms with van der Waals surface area (Å²) in [5, 5.41) is 0. The van der Waals surface area contributed by atoms with Gasteiger partial charge < -0.3 is 0 Å². The van der Waals surface area contributed by atoms with Crippen molar-refractivity contribution < 1.29 is 4.79 Å². The van der Waals surface area contributed by atoms with Crippen molar-refractivity contribution >= 4 is 5.78 Å². The molecule has 1 heteroatoms. The number of allylic oxidation sites excluding steroid dienone is 2. The summed E-state index contributed by atoms with van der Waals surface area (Å²) in [5.41, 5.74) is 1.46. The average molecular weight is 194 g/mol. The fourth-order valence-electron chi connectivity index (χ4n) is 2.52. The van der Waals surface area contributed by atoms with Crippen LogP contribution in [0.1, 0.15) is 52.9 Å². The highest BCUT2D eigenvalue weighted by Crippen LogP contribution is 2.37. The molecule has 0 bridgehead atoms. The maximum atomic E-state index is 11.5. The Hall–Kier alpha value is -0.590. The fourth-order valence-corrected chi connectivity index (χ4v) is 2.52. The Labute approximate surface area is 87.6 Å². The van der Waals surface area contributed by atoms with E-state index in [9.17, 15) is 4.79 Å². The maximum absolute atomic E-state index is 11.5. The van der Waals surface area contributed by atoms with Crippen LogP contribution in [0.3, 0.4) is 0 Å². The largest absolute Gasteiger partial charge is 0.299 e. The van der Waals surface area contributed by atoms with E-state index in [0.717, 1.165) is 19.3 Å². The summed E-state index contributed by atoms with van der Waals surface area (Å²) in [5.74, 6) is 1.49. The molecule has 14 heavy (non-hydrogen) atoms. The molecule has 1 nitrogen and oxygen atoms in total. The number of ketones is 1. The van der Waals surface area contributed by atoms with Crippen LogP contribution in [0.25, 0.3) is 0 Å². The molecule has 0 aliphatic heterocycles. The molecule has 0 heterocycles. The van der Waals surface area contributed by atoms with Crippen molar-refractivity contribution in [3.8, 4) is 0 Å². The smallest absolute Gasteiger partial charge is 0.140 e. The van der Waals surface area contributed by atoms with Crippen molar-refractivity contribution in [1.82, 2.24) is 0 Å². The first-order valence-electron chi connectivity index (χ1n) is 6.01. The second kappa shape index (κ2) is 5.33. The normalized spacial score (nSPS) is 31.1. The summed E-state index contributed by atoms with van der Waals surface area (Å²) < 4.78 is 0. The predicted octanol–water partition coefficient (Wildman–Crippen LogP) is 3.74. The number of rotatable bonds is 1. The van der Waals surface area contributed by atoms with Crippen molar-refractivity contribution in [3.05, 3.63) is 11.6 Å². The topological polar surface area (TPSA) is 17.1 Å². The summed E-state index contributed by atoms with van der Waals surface area (Å²) >= 11 is 0. The standard InChI is InChI=1S/C11H16O.C2H6/c1-8-4-2-5-9(8)10-6-3-7-11(10)12;1-2/h5,8,10H,2-4,6-7H2,1H3;1-2H3. The summed E-state index contributed by atoms with van der Waals surface area (Å²) in [4.78, 5) is 11.5. The van der Waals surface area contributed by atoms with Gasteiger partial charge in [0, 0.05) is 12.3 Å². The molecule has 0 N–H and O–H groups in total. The lowest BCUT2D eigenvalue weighted by atomic mass is 9.89. The first kappa shape index (κ1) is 11.5. The second-order valence-electron chi connectivity index (χ2n) is 4.09. The van der Waals surface area contributed by atoms with Gasteiger partial charge in [-0.05, 0) is 31.6 Å². The lowest BCUT2D eigenvalue weighted by molar-refractivity contribution is -0.119. The number of carbonyl (C=O) groups excluding carboxylic acids is 1. The van der Waals surface area contributed by atoms with Crippen LogP contribution in [-0.4, -0.2) is 5.78 Å². The van der Waals surface area contributed by atoms with E-state index < -0.39 is 0 Å². The summed E-state index contributed by atoms with van der Waals surface area (Å²) in [6.07, 6.45) is 7.83. The van der Waals surface area contributed by atoms with E-state index in [2.05, 4.69) is 13.0 Å². The molecule has 0 radical (unpaired) electrons. The number of Topliss-reactive ketones (excluding diaryl/α,β-unsaturated/α-hetero) is 1. The first-order chi connectivity index (χ1) is 6.79. The number of hydrogen-bond donors (Lipinski definition) is 0. The van der Waals surface area contributed by atoms with Crippen molar-refractivity contribution in [1.29, 1.82) is 0 Å². The highest BCUT2D eigenvalue weighted by molar-refractivity contribution is 5.85. The van der Waals surface area contributed by atoms with Gasteiger partial charge in [0.1, 0.15) is 5.78 Å². The summed E-state index contributed by atoms with van der Waals surface area (Å²) in [6.45, 7) is 6.25. The molecule has 2 atom stereocenters. The van der Waals surface area contributed by atoms with Gasteiger partial charge in [-0.3, -0.25) is 4.79 Å². The monoisotopic (exact) mass is 194 g/mol. The minimum atomic E-state index is 0.322. The average Bonchev–Trinajstić information content (AvgIpc) is 2.78. The molecule has 80 valence electrons. The van der Waals surface area contributed by atoms with Gasteiger partial charge in [0.15, 0.2) is 0 Å². The quantitative estimate of drug-likeness (QED) is 0.581. The van der Waals surface area contributed by atoms with E-state index in [1.165, 1.54) is 18.4 Å². The zero-order valence-electron chi connectivity index (χ0n) is 9.68. The van der Waals surface area contributed by atoms with E-state index in [1.54, 1.807) is 0 Å². The lowest BCUT2D eigenvalue weighted by Crippen LogP contribution is -2.12. The molecular weight excluding hydrogens is 172 g/mol. The van der Waals surface area contributed by atoms with Crippen molar-refractivity contribution in [2.24, 2.45) is 11.8 Å². The van der Waals surface area contributed by atoms with E-state index in [4.69, 9.17) is 0 Å². The minimum absolute atomic E-state index is 0.322. The molecule has 0 aromatic carbocycles. The van der Waals surface area contributed by atoms with Gasteiger partial charge in [0.05, 0.1) is 0 Å². The highest BCUT2D eigenvalue weighted by atomic mass is 16.1. The van der Waals surface area contributed by atoms with Gasteiger partial charge in [-0.25, -0.2) is 0 Å². The summed E-state index contributed by atoms with van der Waals surface area (Å²) in [7, 11) is 0. The molecule has 0 saturated heterocycles. The third-order valence-electron chi connectivity index (χ3n) is 3.26. The molecule has 0 amide bonds. The Morgan fingerprint density at radius 3 is 2.43 bits per heavy atom. The molecule has 0 aromatic rings. The van der Waals surface area contributed by atoms with Gasteiger partial charge >= 0.3 is 0 Å². The van der Waals surface area contributed by atoms with E-state index in [0.29, 0.717) is 17.6 Å². The van der Waals surface area contributed by atoms with Crippen LogP contribution in [0.4, 0.5) is 0 Å². The SMILES string of the molecule is CC.CC1CCC=C1C1CCCC1=O. The third kappa shape index (κ3) is 2.26. The van der Waals surface area contributed by atoms with Gasteiger partial charge in [0.2, 0.25) is 0 Å². The van der Waals surface area contributed by atoms with E-state index in [-0.39, 0.29) is 0 Å². The fraction of sp³-hybridized carbons (Fsp3) is 0.769. The Bertz CT molecular complexity index is 227. The zero-order chi connectivity index (χ0) is 10.6. The Morgan fingerprint density at radius 2 is 2.00 bits per heavy atom. The molecule has 2 unspecified atom stereocenters. The predicted molar refractivity (Wildman–Crippen MR) is 60.2 cm³/mol. The van der Waals surface area contributed by atoms with Crippen molar-refractivity contribution in [3.63, 3.8) is 0 Å². The van der Waals surface area contributed by atoms with Crippen LogP contribution >= 0.6 is 0 Å². The second-order valence-corrected chi connectivity index (χ2v) is 4.09. The highest BCUT2D eigenvalue weighted by Gasteiger charge is 2.31. The number of hydrogen-bond acceptors (Lipinski definition) is 1. The van der Waals surface area contributed by atoms with Crippen LogP contribution in [-0.2, 0) is 4.79 Å². The molecule has 2 rings (SSSR count). The van der Waals surface area contributed by atoms with Crippen LogP contribution in [0, 0.1) is 11.8 Å². The van der Waals surface area contributed by atoms with E-state index >= 15 is 0 Å². The lowest BCUT2D eigenvalue weighted by Gasteiger charge is -2.14. The van der Waals surface area contributed by atoms with E-state index in [1.807, 2.05) is 13.8 Å². The van der Waals surface area contributed by atoms with Gasteiger partial charge in [-0.1, -0.05) is 32.4 Å². The molecule has 0 spiro atoms. The van der Waals surface area contributed by atoms with Crippen molar-refractivity contribution in [2.75, 3.05) is 0 Å². The van der Waals surface area contributed by atoms with Crippen LogP contribution < -0.4 is 0 Å². The third-order valence-corrected chi connectivity index (χ3v) is 3.26. The van der Waals surface area contributed by atoms with Crippen LogP contribution in [0.5, 0.6) is 0 Å². The summed E-state index contributed by atoms with van der Waals surface area (Å²) in [6, 6.07) is 0. The molecule has 1 fully saturated rings. The Morgan fingerprint density at radius 1 is 1.29 bits per heavy atom. The van der Waals surface area contributed by atoms with Crippen LogP contribution in [0.2, 0.25) is 0 Å². The zero-order valence-corrected chi connectivity index (χ0v) is 9.68. The Kier molecular flexibility index (Phi) is 4.37. The molecule has 0 aromatic heterocycles. The molecule has 2 aliphatic carbocycles.